The Morgan fingerprint density at radius 1 is 0.329 bits per heavy atom. The van der Waals surface area contributed by atoms with Crippen molar-refractivity contribution < 1.29 is 75.8 Å². The van der Waals surface area contributed by atoms with Gasteiger partial charge in [0, 0.05) is 19.3 Å². The number of hydrogen-bond donors (Lipinski definition) is 4. The number of carbonyl (C=O) groups is 3. The van der Waals surface area contributed by atoms with Crippen LogP contribution in [0.3, 0.4) is 0 Å². The summed E-state index contributed by atoms with van der Waals surface area (Å²) in [4.78, 5) is 58.2. The molecule has 0 aliphatic rings. The van der Waals surface area contributed by atoms with Gasteiger partial charge in [0.15, 0.2) is 6.10 Å². The average Bonchev–Trinajstić information content (AvgIpc) is 3.51. The predicted octanol–water partition coefficient (Wildman–Crippen LogP) is 18.0. The zero-order valence-electron chi connectivity index (χ0n) is 53.3. The van der Waals surface area contributed by atoms with Crippen molar-refractivity contribution in [3.63, 3.8) is 0 Å². The molecule has 0 aromatic carbocycles. The van der Waals surface area contributed by atoms with Crippen LogP contribution in [0.1, 0.15) is 278 Å². The van der Waals surface area contributed by atoms with Crippen molar-refractivity contribution in [2.45, 2.75) is 296 Å². The van der Waals surface area contributed by atoms with Gasteiger partial charge in [-0.05, 0) is 89.9 Å². The smallest absolute Gasteiger partial charge is 0.463 e. The Morgan fingerprint density at radius 2 is 0.612 bits per heavy atom. The highest BCUT2D eigenvalue weighted by Gasteiger charge is 2.29. The minimum atomic E-state index is -4.92. The van der Waals surface area contributed by atoms with Crippen LogP contribution in [0.2, 0.25) is 0 Å². The normalized spacial score (nSPS) is 14.8. The number of carbonyl (C=O) groups excluding carboxylic acids is 3. The second kappa shape index (κ2) is 61.2. The van der Waals surface area contributed by atoms with Crippen molar-refractivity contribution in [1.82, 2.24) is 0 Å². The van der Waals surface area contributed by atoms with Crippen LogP contribution in [0.15, 0.2) is 72.9 Å². The zero-order chi connectivity index (χ0) is 62.4. The lowest BCUT2D eigenvalue weighted by Crippen LogP contribution is -2.30. The molecule has 0 fully saturated rings. The summed E-state index contributed by atoms with van der Waals surface area (Å²) in [6, 6.07) is 0. The van der Waals surface area contributed by atoms with E-state index in [9.17, 15) is 43.5 Å². The Hall–Kier alpha value is -3.01. The molecule has 5 unspecified atom stereocenters. The number of aliphatic hydroxyl groups excluding tert-OH is 2. The number of hydrogen-bond acceptors (Lipinski definition) is 14. The molecule has 18 heteroatoms. The van der Waals surface area contributed by atoms with Crippen LogP contribution in [0.25, 0.3) is 0 Å². The topological polar surface area (TPSA) is 231 Å². The van der Waals surface area contributed by atoms with Gasteiger partial charge in [-0.25, -0.2) is 9.13 Å². The molecule has 0 rings (SSSR count). The Labute approximate surface area is 515 Å². The summed E-state index contributed by atoms with van der Waals surface area (Å²) < 4.78 is 60.7. The van der Waals surface area contributed by atoms with Crippen molar-refractivity contribution in [1.29, 1.82) is 0 Å². The molecule has 0 spiro atoms. The van der Waals surface area contributed by atoms with Crippen molar-refractivity contribution in [3.8, 4) is 0 Å². The van der Waals surface area contributed by atoms with Crippen molar-refractivity contribution in [3.05, 3.63) is 72.9 Å². The first-order chi connectivity index (χ1) is 41.2. The van der Waals surface area contributed by atoms with E-state index in [1.54, 1.807) is 0 Å². The van der Waals surface area contributed by atoms with Gasteiger partial charge in [-0.3, -0.25) is 32.5 Å². The molecule has 0 bridgehead atoms. The molecule has 4 N–H and O–H groups in total. The van der Waals surface area contributed by atoms with E-state index in [-0.39, 0.29) is 19.3 Å². The number of phosphoric ester groups is 2. The van der Waals surface area contributed by atoms with Crippen molar-refractivity contribution >= 4 is 33.6 Å². The van der Waals surface area contributed by atoms with Gasteiger partial charge < -0.3 is 34.2 Å². The van der Waals surface area contributed by atoms with Crippen LogP contribution in [-0.4, -0.2) is 95.9 Å². The first kappa shape index (κ1) is 82.0. The minimum absolute atomic E-state index is 0.106. The molecule has 0 heterocycles. The molecule has 494 valence electrons. The highest BCUT2D eigenvalue weighted by molar-refractivity contribution is 7.47. The van der Waals surface area contributed by atoms with E-state index in [0.717, 1.165) is 141 Å². The summed E-state index contributed by atoms with van der Waals surface area (Å²) in [6.07, 6.45) is 62.5. The highest BCUT2D eigenvalue weighted by atomic mass is 31.2. The summed E-state index contributed by atoms with van der Waals surface area (Å²) in [5.74, 6) is -1.59. The number of esters is 3. The molecule has 0 aliphatic carbocycles. The maximum absolute atomic E-state index is 12.9. The third-order valence-corrected chi connectivity index (χ3v) is 15.8. The van der Waals surface area contributed by atoms with Crippen LogP contribution in [0.4, 0.5) is 0 Å². The van der Waals surface area contributed by atoms with Gasteiger partial charge in [-0.15, -0.1) is 0 Å². The lowest BCUT2D eigenvalue weighted by Gasteiger charge is -2.21. The van der Waals surface area contributed by atoms with Crippen LogP contribution < -0.4 is 0 Å². The summed E-state index contributed by atoms with van der Waals surface area (Å²) in [7, 11) is -9.76. The van der Waals surface area contributed by atoms with E-state index >= 15 is 0 Å². The van der Waals surface area contributed by atoms with Crippen molar-refractivity contribution in [2.24, 2.45) is 0 Å². The number of allylic oxidation sites excluding steroid dienone is 12. The van der Waals surface area contributed by atoms with Gasteiger partial charge in [0.2, 0.25) is 0 Å². The van der Waals surface area contributed by atoms with Crippen molar-refractivity contribution in [2.75, 3.05) is 39.6 Å². The van der Waals surface area contributed by atoms with E-state index < -0.39 is 91.5 Å². The molecular formula is C67H120O16P2. The Bertz CT molecular complexity index is 1850. The van der Waals surface area contributed by atoms with E-state index in [1.807, 2.05) is 0 Å². The number of rotatable bonds is 63. The Kier molecular flexibility index (Phi) is 59.1. The number of aliphatic hydroxyl groups is 2. The van der Waals surface area contributed by atoms with Gasteiger partial charge in [0.1, 0.15) is 25.4 Å². The quantitative estimate of drug-likeness (QED) is 0.0146. The van der Waals surface area contributed by atoms with E-state index in [0.29, 0.717) is 19.3 Å². The SMILES string of the molecule is CCC/C=C\C/C=C\CCCCCCCC(=O)OCC(COP(=O)(O)OCC(O)COP(=O)(O)OCC(O)COC(=O)CCCCCCCCC/C=C\C/C=C\C/C=C\C/C=C\CCCCC)OC(=O)CCCCCCCCCCCCCCC. The minimum Gasteiger partial charge on any atom is -0.463 e. The fourth-order valence-corrected chi connectivity index (χ4v) is 10.4. The third kappa shape index (κ3) is 62.4. The molecule has 0 aromatic rings. The summed E-state index contributed by atoms with van der Waals surface area (Å²) in [5.41, 5.74) is 0. The van der Waals surface area contributed by atoms with Crippen LogP contribution in [0.5, 0.6) is 0 Å². The monoisotopic (exact) mass is 1240 g/mol. The Balaban J connectivity index is 4.55. The molecule has 16 nitrogen and oxygen atoms in total. The van der Waals surface area contributed by atoms with Gasteiger partial charge in [0.05, 0.1) is 26.4 Å². The average molecular weight is 1240 g/mol. The van der Waals surface area contributed by atoms with Gasteiger partial charge >= 0.3 is 33.6 Å². The fourth-order valence-electron chi connectivity index (χ4n) is 8.77. The van der Waals surface area contributed by atoms with Crippen LogP contribution in [-0.2, 0) is 55.8 Å². The lowest BCUT2D eigenvalue weighted by molar-refractivity contribution is -0.161. The fraction of sp³-hybridized carbons (Fsp3) is 0.776. The first-order valence-corrected chi connectivity index (χ1v) is 36.2. The summed E-state index contributed by atoms with van der Waals surface area (Å²) >= 11 is 0. The first-order valence-electron chi connectivity index (χ1n) is 33.2. The molecule has 0 saturated carbocycles. The number of phosphoric acid groups is 2. The molecule has 0 amide bonds. The van der Waals surface area contributed by atoms with Crippen LogP contribution >= 0.6 is 15.6 Å². The van der Waals surface area contributed by atoms with Crippen LogP contribution in [0, 0.1) is 0 Å². The largest absolute Gasteiger partial charge is 0.472 e. The maximum Gasteiger partial charge on any atom is 0.472 e. The second-order valence-corrected chi connectivity index (χ2v) is 25.2. The Morgan fingerprint density at radius 3 is 1.00 bits per heavy atom. The van der Waals surface area contributed by atoms with E-state index in [2.05, 4.69) is 93.7 Å². The van der Waals surface area contributed by atoms with E-state index in [1.165, 1.54) is 77.0 Å². The predicted molar refractivity (Wildman–Crippen MR) is 344 cm³/mol. The zero-order valence-corrected chi connectivity index (χ0v) is 55.1. The third-order valence-electron chi connectivity index (χ3n) is 13.9. The molecular weight excluding hydrogens is 1120 g/mol. The number of ether oxygens (including phenoxy) is 3. The molecule has 0 aromatic heterocycles. The molecule has 0 saturated heterocycles. The highest BCUT2D eigenvalue weighted by Crippen LogP contribution is 2.45. The van der Waals surface area contributed by atoms with Gasteiger partial charge in [-0.1, -0.05) is 241 Å². The number of unbranched alkanes of at least 4 members (excludes halogenated alkanes) is 28. The lowest BCUT2D eigenvalue weighted by atomic mass is 10.0. The van der Waals surface area contributed by atoms with Gasteiger partial charge in [0.25, 0.3) is 0 Å². The standard InChI is InChI=1S/C67H120O16P2/c1-4-7-10-13-16-19-22-25-26-27-28-29-30-31-32-33-34-37-39-41-44-47-50-53-65(70)77-56-62(68)57-79-84(73,74)80-58-63(69)59-81-85(75,76)82-61-64(83-67(72)55-52-49-46-43-40-36-24-21-18-15-12-9-6-3)60-78-66(71)54-51-48-45-42-38-35-23-20-17-14-11-8-5-2/h11,14,16,19-20,23,25-26,28-29,31-32,62-64,68-69H,4-10,12-13,15,17-18,21-22,24,27,30,33-61H2,1-3H3,(H,73,74)(H,75,76)/b14-11-,19-16-,23-20-,26-25-,29-28-,32-31-. The van der Waals surface area contributed by atoms with Gasteiger partial charge in [-0.2, -0.15) is 0 Å². The molecule has 0 aliphatic heterocycles. The second-order valence-electron chi connectivity index (χ2n) is 22.3. The maximum atomic E-state index is 12.9. The summed E-state index contributed by atoms with van der Waals surface area (Å²) in [5, 5.41) is 20.5. The molecule has 5 atom stereocenters. The molecule has 85 heavy (non-hydrogen) atoms. The molecule has 0 radical (unpaired) electrons. The van der Waals surface area contributed by atoms with E-state index in [4.69, 9.17) is 32.3 Å². The summed E-state index contributed by atoms with van der Waals surface area (Å²) in [6.45, 7) is 2.55.